The minimum Gasteiger partial charge on any atom is -0.482 e. The summed E-state index contributed by atoms with van der Waals surface area (Å²) in [7, 11) is 0. The summed E-state index contributed by atoms with van der Waals surface area (Å²) in [4.78, 5) is 24.5. The fourth-order valence-electron chi connectivity index (χ4n) is 4.29. The van der Waals surface area contributed by atoms with Gasteiger partial charge >= 0.3 is 12.1 Å². The molecule has 1 aliphatic carbocycles. The first kappa shape index (κ1) is 24.1. The van der Waals surface area contributed by atoms with E-state index in [9.17, 15) is 9.59 Å². The molecule has 1 unspecified atom stereocenters. The monoisotopic (exact) mass is 474 g/mol. The molecule has 1 N–H and O–H groups in total. The summed E-state index contributed by atoms with van der Waals surface area (Å²) in [5.41, 5.74) is 6.66. The third-order valence-electron chi connectivity index (χ3n) is 5.89. The number of fused-ring (bicyclic) bond motifs is 1. The molecule has 7 heteroatoms. The third kappa shape index (κ3) is 6.32. The van der Waals surface area contributed by atoms with E-state index in [1.54, 1.807) is 11.9 Å². The first-order valence-corrected chi connectivity index (χ1v) is 11.9. The minimum absolute atomic E-state index is 0.0533. The summed E-state index contributed by atoms with van der Waals surface area (Å²) in [6, 6.07) is 25.0. The van der Waals surface area contributed by atoms with Gasteiger partial charge in [0.15, 0.2) is 6.61 Å². The topological polar surface area (TPSA) is 77.1 Å². The Labute approximate surface area is 205 Å². The summed E-state index contributed by atoms with van der Waals surface area (Å²) in [6.45, 7) is 2.21. The molecular weight excluding hydrogens is 444 g/mol. The van der Waals surface area contributed by atoms with Crippen LogP contribution in [0.25, 0.3) is 0 Å². The molecule has 0 fully saturated rings. The van der Waals surface area contributed by atoms with Gasteiger partial charge in [-0.2, -0.15) is 0 Å². The number of anilines is 2. The van der Waals surface area contributed by atoms with E-state index in [-0.39, 0.29) is 25.1 Å². The van der Waals surface area contributed by atoms with Crippen molar-refractivity contribution < 1.29 is 23.8 Å². The summed E-state index contributed by atoms with van der Waals surface area (Å²) >= 11 is 0. The van der Waals surface area contributed by atoms with Crippen LogP contribution in [0.15, 0.2) is 78.9 Å². The lowest BCUT2D eigenvalue weighted by molar-refractivity contribution is -0.145. The van der Waals surface area contributed by atoms with Crippen LogP contribution in [0.4, 0.5) is 16.2 Å². The maximum Gasteiger partial charge on any atom is 0.426 e. The van der Waals surface area contributed by atoms with Gasteiger partial charge < -0.3 is 14.2 Å². The van der Waals surface area contributed by atoms with E-state index < -0.39 is 6.09 Å². The van der Waals surface area contributed by atoms with E-state index in [0.29, 0.717) is 12.4 Å². The predicted octanol–water partition coefficient (Wildman–Crippen LogP) is 5.53. The fourth-order valence-corrected chi connectivity index (χ4v) is 4.29. The maximum absolute atomic E-state index is 12.8. The number of carbonyl (C=O) groups excluding carboxylic acids is 2. The van der Waals surface area contributed by atoms with Crippen LogP contribution in [0.1, 0.15) is 36.8 Å². The molecule has 35 heavy (non-hydrogen) atoms. The second-order valence-electron chi connectivity index (χ2n) is 8.22. The van der Waals surface area contributed by atoms with Crippen LogP contribution in [0.2, 0.25) is 0 Å². The zero-order valence-electron chi connectivity index (χ0n) is 19.8. The largest absolute Gasteiger partial charge is 0.482 e. The Balaban J connectivity index is 1.41. The van der Waals surface area contributed by atoms with Gasteiger partial charge in [0.05, 0.1) is 18.0 Å². The van der Waals surface area contributed by atoms with Crippen molar-refractivity contribution in [1.29, 1.82) is 0 Å². The van der Waals surface area contributed by atoms with Crippen LogP contribution in [0.5, 0.6) is 5.75 Å². The highest BCUT2D eigenvalue weighted by molar-refractivity contribution is 5.75. The molecule has 182 valence electrons. The Morgan fingerprint density at radius 1 is 0.914 bits per heavy atom. The number of carbonyl (C=O) groups is 2. The van der Waals surface area contributed by atoms with Gasteiger partial charge in [-0.15, -0.1) is 0 Å². The van der Waals surface area contributed by atoms with Gasteiger partial charge in [-0.1, -0.05) is 48.5 Å². The molecule has 1 atom stereocenters. The lowest BCUT2D eigenvalue weighted by Gasteiger charge is -2.28. The number of ether oxygens (including phenoxy) is 3. The Bertz CT molecular complexity index is 1080. The molecule has 0 saturated heterocycles. The lowest BCUT2D eigenvalue weighted by atomic mass is 9.83. The summed E-state index contributed by atoms with van der Waals surface area (Å²) in [5, 5.41) is 1.71. The van der Waals surface area contributed by atoms with Crippen molar-refractivity contribution in [3.63, 3.8) is 0 Å². The van der Waals surface area contributed by atoms with E-state index in [4.69, 9.17) is 14.2 Å². The van der Waals surface area contributed by atoms with Crippen molar-refractivity contribution >= 4 is 23.4 Å². The first-order valence-electron chi connectivity index (χ1n) is 11.9. The Hall–Kier alpha value is -4.00. The van der Waals surface area contributed by atoms with E-state index in [0.717, 1.165) is 41.8 Å². The number of amides is 1. The predicted molar refractivity (Wildman–Crippen MR) is 134 cm³/mol. The van der Waals surface area contributed by atoms with Crippen LogP contribution < -0.4 is 15.2 Å². The van der Waals surface area contributed by atoms with Crippen molar-refractivity contribution in [1.82, 2.24) is 5.43 Å². The average Bonchev–Trinajstić information content (AvgIpc) is 2.90. The highest BCUT2D eigenvalue weighted by atomic mass is 16.6. The highest BCUT2D eigenvalue weighted by Gasteiger charge is 2.25. The summed E-state index contributed by atoms with van der Waals surface area (Å²) in [5.74, 6) is 0.348. The molecule has 1 amide bonds. The first-order chi connectivity index (χ1) is 17.2. The molecule has 1 aliphatic rings. The number of nitrogens with zero attached hydrogens (tertiary/aromatic N) is 1. The third-order valence-corrected chi connectivity index (χ3v) is 5.89. The Morgan fingerprint density at radius 3 is 2.26 bits per heavy atom. The molecule has 7 nitrogen and oxygen atoms in total. The molecule has 3 aromatic carbocycles. The minimum atomic E-state index is -0.528. The van der Waals surface area contributed by atoms with Gasteiger partial charge in [-0.05, 0) is 67.6 Å². The van der Waals surface area contributed by atoms with E-state index >= 15 is 0 Å². The lowest BCUT2D eigenvalue weighted by Crippen LogP contribution is -2.39. The number of esters is 1. The van der Waals surface area contributed by atoms with Crippen molar-refractivity contribution in [3.8, 4) is 5.75 Å². The smallest absolute Gasteiger partial charge is 0.426 e. The number of para-hydroxylation sites is 2. The van der Waals surface area contributed by atoms with Crippen LogP contribution in [-0.2, 0) is 20.7 Å². The number of hydrogen-bond acceptors (Lipinski definition) is 6. The van der Waals surface area contributed by atoms with Crippen molar-refractivity contribution in [3.05, 3.63) is 90.0 Å². The van der Waals surface area contributed by atoms with Crippen LogP contribution in [-0.4, -0.2) is 31.9 Å². The molecule has 0 aliphatic heterocycles. The number of nitrogens with one attached hydrogen (secondary N) is 1. The van der Waals surface area contributed by atoms with E-state index in [1.807, 2.05) is 78.9 Å². The quantitative estimate of drug-likeness (QED) is 0.325. The van der Waals surface area contributed by atoms with E-state index in [2.05, 4.69) is 5.43 Å². The van der Waals surface area contributed by atoms with Gasteiger partial charge in [-0.25, -0.2) is 15.0 Å². The molecule has 3 aromatic rings. The molecule has 4 rings (SSSR count). The molecule has 0 radical (unpaired) electrons. The number of rotatable bonds is 9. The summed E-state index contributed by atoms with van der Waals surface area (Å²) < 4.78 is 16.4. The van der Waals surface area contributed by atoms with Gasteiger partial charge in [0.1, 0.15) is 12.4 Å². The van der Waals surface area contributed by atoms with Crippen LogP contribution >= 0.6 is 0 Å². The SMILES string of the molecule is CCOC(=O)COc1cccc2c1CCCC2COC(=O)NN(c1ccccc1)c1ccccc1. The second-order valence-corrected chi connectivity index (χ2v) is 8.22. The number of hydrazine groups is 1. The zero-order chi connectivity index (χ0) is 24.5. The standard InChI is InChI=1S/C28H30N2O5/c1-2-33-27(31)20-34-26-18-10-16-24-21(11-9-17-25(24)26)19-35-28(32)29-30(22-12-5-3-6-13-22)23-14-7-4-8-15-23/h3-8,10,12-16,18,21H,2,9,11,17,19-20H2,1H3,(H,29,32). The maximum atomic E-state index is 12.8. The second kappa shape index (κ2) is 11.9. The molecular formula is C28H30N2O5. The van der Waals surface area contributed by atoms with Crippen LogP contribution in [0.3, 0.4) is 0 Å². The molecule has 0 saturated carbocycles. The molecule has 0 bridgehead atoms. The number of benzene rings is 3. The van der Waals surface area contributed by atoms with Crippen molar-refractivity contribution in [2.45, 2.75) is 32.1 Å². The van der Waals surface area contributed by atoms with E-state index in [1.165, 1.54) is 0 Å². The molecule has 0 spiro atoms. The van der Waals surface area contributed by atoms with Gasteiger partial charge in [0, 0.05) is 5.92 Å². The zero-order valence-corrected chi connectivity index (χ0v) is 19.8. The number of hydrogen-bond donors (Lipinski definition) is 1. The Kier molecular flexibility index (Phi) is 8.22. The van der Waals surface area contributed by atoms with Crippen LogP contribution in [0, 0.1) is 0 Å². The normalized spacial score (nSPS) is 14.4. The molecule has 0 heterocycles. The van der Waals surface area contributed by atoms with Gasteiger partial charge in [-0.3, -0.25) is 5.01 Å². The van der Waals surface area contributed by atoms with Gasteiger partial charge in [0.2, 0.25) is 0 Å². The van der Waals surface area contributed by atoms with Crippen molar-refractivity contribution in [2.24, 2.45) is 0 Å². The summed E-state index contributed by atoms with van der Waals surface area (Å²) in [6.07, 6.45) is 2.18. The average molecular weight is 475 g/mol. The van der Waals surface area contributed by atoms with Gasteiger partial charge in [0.25, 0.3) is 0 Å². The Morgan fingerprint density at radius 2 is 1.60 bits per heavy atom. The fraction of sp³-hybridized carbons (Fsp3) is 0.286. The van der Waals surface area contributed by atoms with Crippen molar-refractivity contribution in [2.75, 3.05) is 24.8 Å². The highest BCUT2D eigenvalue weighted by Crippen LogP contribution is 2.37. The molecule has 0 aromatic heterocycles.